The average molecular weight is 792 g/mol. The molecular formula is C30H36ClN12O8S2+. The summed E-state index contributed by atoms with van der Waals surface area (Å²) in [5.41, 5.74) is 4.87. The number of H-pyrrole nitrogens is 1. The topological polar surface area (TPSA) is 284 Å². The van der Waals surface area contributed by atoms with Gasteiger partial charge in [0.15, 0.2) is 16.6 Å². The van der Waals surface area contributed by atoms with Crippen molar-refractivity contribution in [3.63, 3.8) is 0 Å². The number of carboxylic acids is 1. The van der Waals surface area contributed by atoms with Crippen molar-refractivity contribution in [1.82, 2.24) is 45.5 Å². The van der Waals surface area contributed by atoms with Crippen LogP contribution >= 0.6 is 34.9 Å². The van der Waals surface area contributed by atoms with Crippen LogP contribution in [0.25, 0.3) is 5.70 Å². The number of quaternary nitrogens is 1. The second-order valence-electron chi connectivity index (χ2n) is 13.1. The Kier molecular flexibility index (Phi) is 10.8. The first kappa shape index (κ1) is 37.7. The average Bonchev–Trinajstić information content (AvgIpc) is 3.82. The lowest BCUT2D eigenvalue weighted by Gasteiger charge is -2.51. The molecule has 2 saturated heterocycles. The van der Waals surface area contributed by atoms with Crippen molar-refractivity contribution in [3.05, 3.63) is 39.9 Å². The Morgan fingerprint density at radius 2 is 1.98 bits per heavy atom. The second kappa shape index (κ2) is 15.1. The quantitative estimate of drug-likeness (QED) is 0.0409. The summed E-state index contributed by atoms with van der Waals surface area (Å²) in [7, 11) is 0. The Labute approximate surface area is 314 Å². The Bertz CT molecular complexity index is 1980. The molecular weight excluding hydrogens is 756 g/mol. The maximum Gasteiger partial charge on any atom is 0.350 e. The van der Waals surface area contributed by atoms with Gasteiger partial charge in [-0.1, -0.05) is 16.8 Å². The first-order valence-corrected chi connectivity index (χ1v) is 18.6. The van der Waals surface area contributed by atoms with E-state index >= 15 is 0 Å². The molecule has 2 aromatic heterocycles. The molecule has 3 aliphatic rings. The number of oxime groups is 1. The number of tetrazole rings is 1. The van der Waals surface area contributed by atoms with Crippen LogP contribution in [0.5, 0.6) is 11.5 Å². The fraction of sp³-hybridized carbons (Fsp3) is 0.467. The number of nitrogen functional groups attached to an aromatic ring is 1. The molecule has 0 saturated carbocycles. The number of anilines is 1. The molecule has 3 amide bonds. The Balaban J connectivity index is 1.21. The number of nitrogens with zero attached hydrogens (tertiary/aromatic N) is 8. The van der Waals surface area contributed by atoms with Crippen LogP contribution in [0.4, 0.5) is 5.13 Å². The lowest BCUT2D eigenvalue weighted by molar-refractivity contribution is -0.927. The van der Waals surface area contributed by atoms with Gasteiger partial charge in [-0.25, -0.2) is 4.79 Å². The van der Waals surface area contributed by atoms with Crippen molar-refractivity contribution in [3.8, 4) is 11.5 Å². The molecule has 0 unspecified atom stereocenters. The smallest absolute Gasteiger partial charge is 0.350 e. The number of aromatic nitrogens is 6. The molecule has 0 aliphatic carbocycles. The van der Waals surface area contributed by atoms with Gasteiger partial charge in [0, 0.05) is 22.9 Å². The van der Waals surface area contributed by atoms with E-state index < -0.39 is 57.9 Å². The van der Waals surface area contributed by atoms with Gasteiger partial charge >= 0.3 is 5.97 Å². The molecule has 0 radical (unpaired) electrons. The molecule has 20 nitrogen and oxygen atoms in total. The highest BCUT2D eigenvalue weighted by atomic mass is 35.5. The SMILES string of the molecule is CC(C)(O/N=C(\C(=O)N[C@@H]1C(=O)N2C(c3nn[nH]n3)=C(C[N+]3(CCNC(=O)c4ccc(O)c(O)c4Cl)CCCCC3)CS[C@H]12)c1nsc(N)n1)C(=O)O. The minimum Gasteiger partial charge on any atom is -0.504 e. The number of hydrogen-bond acceptors (Lipinski definition) is 16. The molecule has 3 aliphatic heterocycles. The summed E-state index contributed by atoms with van der Waals surface area (Å²) in [5.74, 6) is -3.68. The molecule has 6 rings (SSSR count). The highest BCUT2D eigenvalue weighted by Gasteiger charge is 2.55. The van der Waals surface area contributed by atoms with E-state index in [2.05, 4.69) is 45.8 Å². The van der Waals surface area contributed by atoms with Crippen molar-refractivity contribution < 1.29 is 43.8 Å². The highest BCUT2D eigenvalue weighted by molar-refractivity contribution is 8.00. The maximum absolute atomic E-state index is 13.9. The molecule has 2 atom stereocenters. The largest absolute Gasteiger partial charge is 0.504 e. The number of phenolic OH excluding ortho intramolecular Hbond substituents is 2. The number of amides is 3. The number of halogens is 1. The van der Waals surface area contributed by atoms with Crippen LogP contribution < -0.4 is 16.4 Å². The van der Waals surface area contributed by atoms with E-state index in [1.54, 1.807) is 0 Å². The number of nitrogens with one attached hydrogen (secondary N) is 3. The molecule has 2 fully saturated rings. The minimum absolute atomic E-state index is 0.0314. The summed E-state index contributed by atoms with van der Waals surface area (Å²) in [5, 5.41) is 52.2. The standard InChI is InChI=1S/C30H35ClN12O8S2/c1-30(2,28(49)50)51-38-18(22-35-29(32)53-39-22)25(47)34-19-26(48)42-20(23-36-40-41-37-23)14(13-52-27(19)42)12-43(9-4-3-5-10-43)11-8-33-24(46)15-6-7-16(44)21(45)17(15)31/h6-7,19,27H,3-5,8-13H2,1-2H3,(H7-,32,33,34,35,36,37,38,39,40,41,44,45,46,47,49,50)/p+1/t19-,27-/m1/s1. The number of rotatable bonds is 13. The molecule has 0 bridgehead atoms. The van der Waals surface area contributed by atoms with Crippen LogP contribution in [0.1, 0.15) is 55.1 Å². The normalized spacial score (nSPS) is 20.0. The number of carbonyl (C=O) groups excluding carboxylic acids is 3. The maximum atomic E-state index is 13.9. The number of carboxylic acid groups (broad SMARTS) is 1. The van der Waals surface area contributed by atoms with Gasteiger partial charge < -0.3 is 41.0 Å². The number of piperidine rings is 1. The third-order valence-electron chi connectivity index (χ3n) is 9.14. The van der Waals surface area contributed by atoms with Gasteiger partial charge in [-0.2, -0.15) is 14.6 Å². The number of aromatic amines is 1. The number of carbonyl (C=O) groups is 4. The van der Waals surface area contributed by atoms with E-state index in [1.165, 1.54) is 42.6 Å². The van der Waals surface area contributed by atoms with Crippen molar-refractivity contribution in [2.45, 2.75) is 50.1 Å². The summed E-state index contributed by atoms with van der Waals surface area (Å²) in [6.07, 6.45) is 2.97. The number of phenols is 2. The van der Waals surface area contributed by atoms with Crippen LogP contribution in [-0.2, 0) is 19.2 Å². The fourth-order valence-electron chi connectivity index (χ4n) is 6.28. The number of aromatic hydroxyl groups is 2. The van der Waals surface area contributed by atoms with Crippen LogP contribution in [0.2, 0.25) is 5.02 Å². The molecule has 53 heavy (non-hydrogen) atoms. The van der Waals surface area contributed by atoms with Crippen LogP contribution in [0.15, 0.2) is 22.9 Å². The summed E-state index contributed by atoms with van der Waals surface area (Å²) >= 11 is 8.34. The van der Waals surface area contributed by atoms with Crippen LogP contribution in [0.3, 0.4) is 0 Å². The Hall–Kier alpha value is -5.06. The van der Waals surface area contributed by atoms with Crippen LogP contribution in [-0.4, -0.2) is 140 Å². The van der Waals surface area contributed by atoms with E-state index in [0.29, 0.717) is 29.0 Å². The predicted molar refractivity (Wildman–Crippen MR) is 190 cm³/mol. The van der Waals surface area contributed by atoms with E-state index in [4.69, 9.17) is 22.2 Å². The van der Waals surface area contributed by atoms with Gasteiger partial charge in [0.25, 0.3) is 17.7 Å². The zero-order valence-corrected chi connectivity index (χ0v) is 30.8. The number of thioether (sulfide) groups is 1. The highest BCUT2D eigenvalue weighted by Crippen LogP contribution is 2.44. The van der Waals surface area contributed by atoms with Gasteiger partial charge in [-0.3, -0.25) is 19.3 Å². The number of fused-ring (bicyclic) bond motifs is 1. The summed E-state index contributed by atoms with van der Waals surface area (Å²) in [6.45, 7) is 5.49. The fourth-order valence-corrected chi connectivity index (χ4v) is 8.30. The van der Waals surface area contributed by atoms with Gasteiger partial charge in [-0.15, -0.1) is 22.0 Å². The molecule has 1 aromatic carbocycles. The predicted octanol–water partition coefficient (Wildman–Crippen LogP) is 0.524. The Morgan fingerprint density at radius 3 is 2.64 bits per heavy atom. The molecule has 0 spiro atoms. The lowest BCUT2D eigenvalue weighted by Crippen LogP contribution is -2.70. The van der Waals surface area contributed by atoms with Crippen LogP contribution in [0, 0.1) is 0 Å². The second-order valence-corrected chi connectivity index (χ2v) is 15.4. The van der Waals surface area contributed by atoms with Gasteiger partial charge in [0.1, 0.15) is 18.0 Å². The summed E-state index contributed by atoms with van der Waals surface area (Å²) in [6, 6.07) is 1.52. The van der Waals surface area contributed by atoms with Gasteiger partial charge in [0.05, 0.1) is 42.5 Å². The number of nitrogens with two attached hydrogens (primary N) is 1. The monoisotopic (exact) mass is 791 g/mol. The van der Waals surface area contributed by atoms with Gasteiger partial charge in [0.2, 0.25) is 23.0 Å². The number of likely N-dealkylation sites (tertiary alicyclic amines) is 1. The number of benzene rings is 1. The van der Waals surface area contributed by atoms with E-state index in [9.17, 15) is 34.5 Å². The molecule has 282 valence electrons. The van der Waals surface area contributed by atoms with Crippen molar-refractivity contribution in [1.29, 1.82) is 0 Å². The zero-order chi connectivity index (χ0) is 38.1. The van der Waals surface area contributed by atoms with Gasteiger partial charge in [-0.05, 0) is 50.5 Å². The zero-order valence-electron chi connectivity index (χ0n) is 28.4. The summed E-state index contributed by atoms with van der Waals surface area (Å²) in [4.78, 5) is 62.7. The first-order valence-electron chi connectivity index (χ1n) is 16.4. The number of aliphatic carboxylic acids is 1. The number of β-lactam (4-membered cyclic amide) rings is 1. The van der Waals surface area contributed by atoms with Crippen molar-refractivity contribution in [2.75, 3.05) is 44.2 Å². The molecule has 8 N–H and O–H groups in total. The molecule has 23 heteroatoms. The number of hydrogen-bond donors (Lipinski definition) is 7. The third kappa shape index (κ3) is 7.70. The van der Waals surface area contributed by atoms with Crippen molar-refractivity contribution in [2.24, 2.45) is 5.16 Å². The first-order chi connectivity index (χ1) is 25.2. The van der Waals surface area contributed by atoms with E-state index in [0.717, 1.165) is 49.5 Å². The van der Waals surface area contributed by atoms with E-state index in [-0.39, 0.29) is 33.9 Å². The van der Waals surface area contributed by atoms with E-state index in [1.807, 2.05) is 0 Å². The molecule has 3 aromatic rings. The van der Waals surface area contributed by atoms with Crippen molar-refractivity contribution >= 4 is 75.1 Å². The minimum atomic E-state index is -1.79. The summed E-state index contributed by atoms with van der Waals surface area (Å²) < 4.78 is 4.62. The Morgan fingerprint density at radius 1 is 1.23 bits per heavy atom. The lowest BCUT2D eigenvalue weighted by atomic mass is 10.00. The third-order valence-corrected chi connectivity index (χ3v) is 11.4. The molecule has 5 heterocycles.